The Hall–Kier alpha value is -3.86. The zero-order valence-corrected chi connectivity index (χ0v) is 22.9. The lowest BCUT2D eigenvalue weighted by Gasteiger charge is -2.28. The van der Waals surface area contributed by atoms with E-state index in [4.69, 9.17) is 23.2 Å². The molecule has 1 N–H and O–H groups in total. The molecule has 0 atom stereocenters. The number of hydrogen-bond donors (Lipinski definition) is 1. The van der Waals surface area contributed by atoms with Crippen molar-refractivity contribution in [2.75, 3.05) is 6.54 Å². The number of nitrogens with zero attached hydrogens (tertiary/aromatic N) is 4. The molecule has 0 fully saturated rings. The van der Waals surface area contributed by atoms with Crippen LogP contribution in [0.5, 0.6) is 5.75 Å². The molecule has 2 aromatic carbocycles. The van der Waals surface area contributed by atoms with Crippen LogP contribution in [-0.2, 0) is 26.1 Å². The van der Waals surface area contributed by atoms with E-state index in [2.05, 4.69) is 31.0 Å². The summed E-state index contributed by atoms with van der Waals surface area (Å²) in [5, 5.41) is 5.25. The second-order valence-electron chi connectivity index (χ2n) is 9.75. The molecular weight excluding hydrogens is 578 g/mol. The third-order valence-corrected chi connectivity index (χ3v) is 7.41. The number of nitrogens with one attached hydrogen (secondary N) is 1. The van der Waals surface area contributed by atoms with Gasteiger partial charge in [-0.25, -0.2) is 14.8 Å². The van der Waals surface area contributed by atoms with Crippen LogP contribution in [0.4, 0.5) is 18.0 Å². The highest BCUT2D eigenvalue weighted by Gasteiger charge is 2.32. The van der Waals surface area contributed by atoms with Gasteiger partial charge in [-0.15, -0.1) is 13.2 Å². The summed E-state index contributed by atoms with van der Waals surface area (Å²) >= 11 is 12.0. The first-order chi connectivity index (χ1) is 19.6. The summed E-state index contributed by atoms with van der Waals surface area (Å²) in [5.41, 5.74) is 4.62. The maximum Gasteiger partial charge on any atom is 0.573 e. The molecule has 0 saturated carbocycles. The van der Waals surface area contributed by atoms with Crippen molar-refractivity contribution in [3.8, 4) is 5.75 Å². The molecule has 0 saturated heterocycles. The van der Waals surface area contributed by atoms with Gasteiger partial charge in [-0.2, -0.15) is 0 Å². The molecule has 7 nitrogen and oxygen atoms in total. The fourth-order valence-electron chi connectivity index (χ4n) is 5.27. The summed E-state index contributed by atoms with van der Waals surface area (Å²) in [4.78, 5) is 24.0. The SMILES string of the molecule is O=C(NCc1ccnc(Cl)c1)n1c2c(c3ccc(OC(F)(F)F)cc31)CN(Cc1ccc3nc(Cl)ccc3c1)CC2. The van der Waals surface area contributed by atoms with Crippen molar-refractivity contribution < 1.29 is 22.7 Å². The molecular formula is C29H22Cl2F3N5O2. The number of carbonyl (C=O) groups is 1. The van der Waals surface area contributed by atoms with Gasteiger partial charge in [0.05, 0.1) is 11.0 Å². The summed E-state index contributed by atoms with van der Waals surface area (Å²) < 4.78 is 44.6. The molecule has 1 aliphatic heterocycles. The minimum atomic E-state index is -4.86. The predicted molar refractivity (Wildman–Crippen MR) is 150 cm³/mol. The first-order valence-corrected chi connectivity index (χ1v) is 13.5. The Balaban J connectivity index is 1.31. The highest BCUT2D eigenvalue weighted by Crippen LogP contribution is 2.35. The maximum absolute atomic E-state index is 13.5. The van der Waals surface area contributed by atoms with Gasteiger partial charge in [0.1, 0.15) is 16.1 Å². The Kier molecular flexibility index (Phi) is 7.23. The van der Waals surface area contributed by atoms with E-state index >= 15 is 0 Å². The second kappa shape index (κ2) is 10.8. The highest BCUT2D eigenvalue weighted by atomic mass is 35.5. The number of aromatic nitrogens is 3. The highest BCUT2D eigenvalue weighted by molar-refractivity contribution is 6.30. The molecule has 0 spiro atoms. The van der Waals surface area contributed by atoms with Crippen molar-refractivity contribution in [3.05, 3.63) is 99.6 Å². The van der Waals surface area contributed by atoms with Crippen LogP contribution < -0.4 is 10.1 Å². The van der Waals surface area contributed by atoms with Gasteiger partial charge in [-0.3, -0.25) is 9.47 Å². The van der Waals surface area contributed by atoms with E-state index < -0.39 is 18.1 Å². The molecule has 1 amide bonds. The van der Waals surface area contributed by atoms with Crippen molar-refractivity contribution >= 4 is 51.0 Å². The van der Waals surface area contributed by atoms with E-state index in [1.165, 1.54) is 22.9 Å². The molecule has 1 aliphatic rings. The van der Waals surface area contributed by atoms with Crippen LogP contribution in [0, 0.1) is 0 Å². The zero-order valence-electron chi connectivity index (χ0n) is 21.4. The van der Waals surface area contributed by atoms with Gasteiger partial charge >= 0.3 is 12.4 Å². The third-order valence-electron chi connectivity index (χ3n) is 7.00. The van der Waals surface area contributed by atoms with E-state index in [0.717, 1.165) is 33.3 Å². The van der Waals surface area contributed by atoms with Gasteiger partial charge in [0.15, 0.2) is 0 Å². The Morgan fingerprint density at radius 2 is 1.85 bits per heavy atom. The monoisotopic (exact) mass is 599 g/mol. The van der Waals surface area contributed by atoms with Crippen LogP contribution in [0.25, 0.3) is 21.8 Å². The van der Waals surface area contributed by atoms with Gasteiger partial charge < -0.3 is 10.1 Å². The summed E-state index contributed by atoms with van der Waals surface area (Å²) in [7, 11) is 0. The number of amides is 1. The summed E-state index contributed by atoms with van der Waals surface area (Å²) in [6.45, 7) is 1.99. The van der Waals surface area contributed by atoms with Crippen molar-refractivity contribution in [3.63, 3.8) is 0 Å². The molecule has 4 heterocycles. The molecule has 41 heavy (non-hydrogen) atoms. The molecule has 0 bridgehead atoms. The topological polar surface area (TPSA) is 72.3 Å². The number of hydrogen-bond acceptors (Lipinski definition) is 5. The lowest BCUT2D eigenvalue weighted by atomic mass is 10.0. The first-order valence-electron chi connectivity index (χ1n) is 12.7. The van der Waals surface area contributed by atoms with E-state index in [0.29, 0.717) is 47.3 Å². The molecule has 12 heteroatoms. The van der Waals surface area contributed by atoms with Crippen molar-refractivity contribution in [1.29, 1.82) is 0 Å². The number of fused-ring (bicyclic) bond motifs is 4. The molecule has 0 unspecified atom stereocenters. The van der Waals surface area contributed by atoms with Crippen molar-refractivity contribution in [2.24, 2.45) is 0 Å². The number of alkyl halides is 3. The van der Waals surface area contributed by atoms with E-state index in [-0.39, 0.29) is 6.54 Å². The molecule has 210 valence electrons. The Morgan fingerprint density at radius 3 is 2.66 bits per heavy atom. The molecule has 0 radical (unpaired) electrons. The second-order valence-corrected chi connectivity index (χ2v) is 10.5. The van der Waals surface area contributed by atoms with Crippen LogP contribution in [0.1, 0.15) is 22.4 Å². The normalized spacial score (nSPS) is 13.9. The Bertz CT molecular complexity index is 1790. The van der Waals surface area contributed by atoms with Crippen LogP contribution >= 0.6 is 23.2 Å². The predicted octanol–water partition coefficient (Wildman–Crippen LogP) is 7.11. The van der Waals surface area contributed by atoms with Crippen LogP contribution in [0.15, 0.2) is 66.9 Å². The minimum Gasteiger partial charge on any atom is -0.406 e. The maximum atomic E-state index is 13.5. The summed E-state index contributed by atoms with van der Waals surface area (Å²) in [6, 6.07) is 16.7. The van der Waals surface area contributed by atoms with Gasteiger partial charge in [0.25, 0.3) is 0 Å². The molecule has 0 aliphatic carbocycles. The van der Waals surface area contributed by atoms with Gasteiger partial charge in [0, 0.05) is 61.3 Å². The lowest BCUT2D eigenvalue weighted by molar-refractivity contribution is -0.274. The number of halogens is 5. The average Bonchev–Trinajstić information content (AvgIpc) is 3.24. The number of ether oxygens (including phenoxy) is 1. The fourth-order valence-corrected chi connectivity index (χ4v) is 5.62. The Labute approximate surface area is 242 Å². The largest absolute Gasteiger partial charge is 0.573 e. The molecule has 6 rings (SSSR count). The van der Waals surface area contributed by atoms with Crippen LogP contribution in [-0.4, -0.2) is 38.4 Å². The van der Waals surface area contributed by atoms with Crippen LogP contribution in [0.3, 0.4) is 0 Å². The number of pyridine rings is 2. The number of rotatable bonds is 5. The van der Waals surface area contributed by atoms with E-state index in [1.807, 2.05) is 18.2 Å². The number of carbonyl (C=O) groups excluding carboxylic acids is 1. The van der Waals surface area contributed by atoms with Gasteiger partial charge in [-0.1, -0.05) is 29.3 Å². The van der Waals surface area contributed by atoms with Crippen molar-refractivity contribution in [2.45, 2.75) is 32.4 Å². The fraction of sp³-hybridized carbons (Fsp3) is 0.207. The quantitative estimate of drug-likeness (QED) is 0.218. The number of benzene rings is 2. The van der Waals surface area contributed by atoms with E-state index in [1.54, 1.807) is 24.3 Å². The smallest absolute Gasteiger partial charge is 0.406 e. The Morgan fingerprint density at radius 1 is 1.00 bits per heavy atom. The lowest BCUT2D eigenvalue weighted by Crippen LogP contribution is -2.34. The molecule has 5 aromatic rings. The van der Waals surface area contributed by atoms with Crippen molar-refractivity contribution in [1.82, 2.24) is 24.8 Å². The van der Waals surface area contributed by atoms with Crippen LogP contribution in [0.2, 0.25) is 10.3 Å². The van der Waals surface area contributed by atoms with Gasteiger partial charge in [-0.05, 0) is 65.2 Å². The summed E-state index contributed by atoms with van der Waals surface area (Å²) in [5.74, 6) is -0.392. The average molecular weight is 600 g/mol. The standard InChI is InChI=1S/C29H22Cl2F3N5O2/c30-26-6-2-19-11-18(1-5-23(19)37-26)15-38-10-8-24-22(16-38)21-4-3-20(41-29(32,33)34)13-25(21)39(24)28(40)36-14-17-7-9-35-27(31)12-17/h1-7,9,11-13H,8,10,14-16H2,(H,36,40). The molecule has 3 aromatic heterocycles. The third kappa shape index (κ3) is 5.95. The minimum absolute atomic E-state index is 0.169. The summed E-state index contributed by atoms with van der Waals surface area (Å²) in [6.07, 6.45) is -2.79. The van der Waals surface area contributed by atoms with Gasteiger partial charge in [0.2, 0.25) is 0 Å². The zero-order chi connectivity index (χ0) is 28.7. The first kappa shape index (κ1) is 27.3. The van der Waals surface area contributed by atoms with E-state index in [9.17, 15) is 18.0 Å².